The maximum absolute atomic E-state index is 11.8. The zero-order valence-corrected chi connectivity index (χ0v) is 12.7. The molecule has 0 aliphatic rings. The summed E-state index contributed by atoms with van der Waals surface area (Å²) in [4.78, 5) is 0. The van der Waals surface area contributed by atoms with E-state index in [4.69, 9.17) is 5.26 Å². The van der Waals surface area contributed by atoms with E-state index in [9.17, 15) is 8.42 Å². The SMILES string of the molecule is CC(C)CCS(=O)(=O)Nc1cc(Br)ccc1C#N. The van der Waals surface area contributed by atoms with Gasteiger partial charge in [0.2, 0.25) is 10.0 Å². The molecule has 0 unspecified atom stereocenters. The summed E-state index contributed by atoms with van der Waals surface area (Å²) in [6.45, 7) is 3.94. The molecule has 0 aliphatic carbocycles. The minimum absolute atomic E-state index is 0.0576. The lowest BCUT2D eigenvalue weighted by Gasteiger charge is -2.10. The Morgan fingerprint density at radius 1 is 1.44 bits per heavy atom. The number of hydrogen-bond donors (Lipinski definition) is 1. The van der Waals surface area contributed by atoms with Crippen LogP contribution in [0, 0.1) is 17.2 Å². The number of halogens is 1. The van der Waals surface area contributed by atoms with E-state index in [1.165, 1.54) is 0 Å². The van der Waals surface area contributed by atoms with Crippen molar-refractivity contribution in [3.8, 4) is 6.07 Å². The van der Waals surface area contributed by atoms with Crippen molar-refractivity contribution in [1.29, 1.82) is 5.26 Å². The summed E-state index contributed by atoms with van der Waals surface area (Å²) in [5.41, 5.74) is 0.627. The first-order valence-electron chi connectivity index (χ1n) is 5.54. The van der Waals surface area contributed by atoms with Crippen molar-refractivity contribution >= 4 is 31.6 Å². The smallest absolute Gasteiger partial charge is 0.232 e. The number of sulfonamides is 1. The van der Waals surface area contributed by atoms with Crippen molar-refractivity contribution < 1.29 is 8.42 Å². The lowest BCUT2D eigenvalue weighted by Crippen LogP contribution is -2.18. The number of rotatable bonds is 5. The molecule has 18 heavy (non-hydrogen) atoms. The van der Waals surface area contributed by atoms with Gasteiger partial charge in [0.25, 0.3) is 0 Å². The van der Waals surface area contributed by atoms with E-state index < -0.39 is 10.0 Å². The molecule has 4 nitrogen and oxygen atoms in total. The van der Waals surface area contributed by atoms with Crippen molar-refractivity contribution in [3.63, 3.8) is 0 Å². The molecule has 0 amide bonds. The Kier molecular flexibility index (Phi) is 5.17. The van der Waals surface area contributed by atoms with Crippen LogP contribution in [-0.2, 0) is 10.0 Å². The van der Waals surface area contributed by atoms with Crippen LogP contribution >= 0.6 is 15.9 Å². The molecule has 0 radical (unpaired) electrons. The van der Waals surface area contributed by atoms with Crippen molar-refractivity contribution in [1.82, 2.24) is 0 Å². The van der Waals surface area contributed by atoms with Gasteiger partial charge in [-0.3, -0.25) is 4.72 Å². The van der Waals surface area contributed by atoms with Gasteiger partial charge in [-0.15, -0.1) is 0 Å². The highest BCUT2D eigenvalue weighted by Crippen LogP contribution is 2.22. The van der Waals surface area contributed by atoms with Gasteiger partial charge in [0.05, 0.1) is 17.0 Å². The first-order chi connectivity index (χ1) is 8.34. The van der Waals surface area contributed by atoms with Gasteiger partial charge in [0, 0.05) is 4.47 Å². The van der Waals surface area contributed by atoms with Crippen LogP contribution in [0.2, 0.25) is 0 Å². The molecule has 0 aromatic heterocycles. The number of anilines is 1. The number of benzene rings is 1. The fourth-order valence-electron chi connectivity index (χ4n) is 1.31. The second kappa shape index (κ2) is 6.21. The zero-order chi connectivity index (χ0) is 13.8. The molecule has 0 heterocycles. The number of nitriles is 1. The summed E-state index contributed by atoms with van der Waals surface area (Å²) in [5, 5.41) is 8.92. The van der Waals surface area contributed by atoms with E-state index in [1.807, 2.05) is 19.9 Å². The minimum Gasteiger partial charge on any atom is -0.282 e. The highest BCUT2D eigenvalue weighted by molar-refractivity contribution is 9.10. The van der Waals surface area contributed by atoms with E-state index in [0.717, 1.165) is 4.47 Å². The second-order valence-electron chi connectivity index (χ2n) is 4.41. The Balaban J connectivity index is 2.90. The summed E-state index contributed by atoms with van der Waals surface area (Å²) in [7, 11) is -3.40. The summed E-state index contributed by atoms with van der Waals surface area (Å²) < 4.78 is 26.9. The predicted octanol–water partition coefficient (Wildman–Crippen LogP) is 3.11. The lowest BCUT2D eigenvalue weighted by atomic mass is 10.2. The average molecular weight is 331 g/mol. The number of nitrogens with zero attached hydrogens (tertiary/aromatic N) is 1. The Labute approximate surface area is 116 Å². The molecule has 0 saturated carbocycles. The van der Waals surface area contributed by atoms with E-state index in [2.05, 4.69) is 20.7 Å². The Morgan fingerprint density at radius 3 is 2.67 bits per heavy atom. The fourth-order valence-corrected chi connectivity index (χ4v) is 3.06. The van der Waals surface area contributed by atoms with Crippen molar-refractivity contribution in [2.45, 2.75) is 20.3 Å². The van der Waals surface area contributed by atoms with E-state index in [0.29, 0.717) is 23.6 Å². The van der Waals surface area contributed by atoms with Gasteiger partial charge in [0.15, 0.2) is 0 Å². The quantitative estimate of drug-likeness (QED) is 0.901. The third kappa shape index (κ3) is 4.67. The fraction of sp³-hybridized carbons (Fsp3) is 0.417. The van der Waals surface area contributed by atoms with Gasteiger partial charge in [-0.05, 0) is 30.5 Å². The largest absolute Gasteiger partial charge is 0.282 e. The molecule has 0 fully saturated rings. The third-order valence-electron chi connectivity index (χ3n) is 2.33. The summed E-state index contributed by atoms with van der Waals surface area (Å²) in [5.74, 6) is 0.377. The van der Waals surface area contributed by atoms with E-state index in [-0.39, 0.29) is 5.75 Å². The molecule has 1 N–H and O–H groups in total. The van der Waals surface area contributed by atoms with Crippen LogP contribution in [-0.4, -0.2) is 14.2 Å². The normalized spacial score (nSPS) is 11.3. The Bertz CT molecular complexity index is 562. The minimum atomic E-state index is -3.40. The van der Waals surface area contributed by atoms with Crippen LogP contribution < -0.4 is 4.72 Å². The molecule has 0 spiro atoms. The molecular weight excluding hydrogens is 316 g/mol. The molecule has 6 heteroatoms. The van der Waals surface area contributed by atoms with Crippen LogP contribution in [0.15, 0.2) is 22.7 Å². The molecule has 1 rings (SSSR count). The van der Waals surface area contributed by atoms with E-state index in [1.54, 1.807) is 18.2 Å². The maximum Gasteiger partial charge on any atom is 0.232 e. The van der Waals surface area contributed by atoms with Crippen LogP contribution in [0.5, 0.6) is 0 Å². The number of nitrogens with one attached hydrogen (secondary N) is 1. The second-order valence-corrected chi connectivity index (χ2v) is 7.16. The Morgan fingerprint density at radius 2 is 2.11 bits per heavy atom. The van der Waals surface area contributed by atoms with E-state index >= 15 is 0 Å². The summed E-state index contributed by atoms with van der Waals surface area (Å²) in [6, 6.07) is 6.82. The maximum atomic E-state index is 11.8. The van der Waals surface area contributed by atoms with Crippen molar-refractivity contribution in [2.24, 2.45) is 5.92 Å². The molecule has 0 saturated heterocycles. The van der Waals surface area contributed by atoms with Gasteiger partial charge in [-0.2, -0.15) is 5.26 Å². The zero-order valence-electron chi connectivity index (χ0n) is 10.3. The predicted molar refractivity (Wildman–Crippen MR) is 75.7 cm³/mol. The molecule has 1 aromatic carbocycles. The monoisotopic (exact) mass is 330 g/mol. The van der Waals surface area contributed by atoms with Gasteiger partial charge in [-0.25, -0.2) is 8.42 Å². The summed E-state index contributed by atoms with van der Waals surface area (Å²) in [6.07, 6.45) is 0.589. The Hall–Kier alpha value is -1.06. The topological polar surface area (TPSA) is 70.0 Å². The van der Waals surface area contributed by atoms with Crippen LogP contribution in [0.3, 0.4) is 0 Å². The van der Waals surface area contributed by atoms with Gasteiger partial charge >= 0.3 is 0 Å². The van der Waals surface area contributed by atoms with Crippen LogP contribution in [0.1, 0.15) is 25.8 Å². The standard InChI is InChI=1S/C12H15BrN2O2S/c1-9(2)5-6-18(16,17)15-12-7-11(13)4-3-10(12)8-14/h3-4,7,9,15H,5-6H2,1-2H3. The van der Waals surface area contributed by atoms with Crippen molar-refractivity contribution in [3.05, 3.63) is 28.2 Å². The molecule has 1 aromatic rings. The summed E-state index contributed by atoms with van der Waals surface area (Å²) >= 11 is 3.25. The highest BCUT2D eigenvalue weighted by Gasteiger charge is 2.14. The first-order valence-corrected chi connectivity index (χ1v) is 7.98. The molecule has 0 atom stereocenters. The third-order valence-corrected chi connectivity index (χ3v) is 4.13. The highest BCUT2D eigenvalue weighted by atomic mass is 79.9. The number of hydrogen-bond acceptors (Lipinski definition) is 3. The van der Waals surface area contributed by atoms with Gasteiger partial charge in [-0.1, -0.05) is 29.8 Å². The van der Waals surface area contributed by atoms with Gasteiger partial charge < -0.3 is 0 Å². The van der Waals surface area contributed by atoms with Gasteiger partial charge in [0.1, 0.15) is 6.07 Å². The molecule has 0 bridgehead atoms. The van der Waals surface area contributed by atoms with Crippen molar-refractivity contribution in [2.75, 3.05) is 10.5 Å². The molecule has 98 valence electrons. The lowest BCUT2D eigenvalue weighted by molar-refractivity contribution is 0.578. The molecular formula is C12H15BrN2O2S. The van der Waals surface area contributed by atoms with Crippen LogP contribution in [0.25, 0.3) is 0 Å². The molecule has 0 aliphatic heterocycles. The van der Waals surface area contributed by atoms with Crippen LogP contribution in [0.4, 0.5) is 5.69 Å². The first kappa shape index (κ1) is 15.0. The average Bonchev–Trinajstić information content (AvgIpc) is 2.26.